The van der Waals surface area contributed by atoms with Crippen molar-refractivity contribution in [1.29, 1.82) is 0 Å². The second-order valence-corrected chi connectivity index (χ2v) is 5.84. The SMILES string of the molecule is COCCNCC(O)CN1C(=O)NC2(CCCCC2)C1=O. The molecular weight excluding hydrogens is 274 g/mol. The summed E-state index contributed by atoms with van der Waals surface area (Å²) < 4.78 is 4.89. The van der Waals surface area contributed by atoms with E-state index in [1.54, 1.807) is 7.11 Å². The monoisotopic (exact) mass is 299 g/mol. The lowest BCUT2D eigenvalue weighted by molar-refractivity contribution is -0.133. The lowest BCUT2D eigenvalue weighted by atomic mass is 9.82. The molecule has 3 N–H and O–H groups in total. The van der Waals surface area contributed by atoms with Crippen molar-refractivity contribution in [2.24, 2.45) is 0 Å². The summed E-state index contributed by atoms with van der Waals surface area (Å²) >= 11 is 0. The number of aliphatic hydroxyl groups excluding tert-OH is 1. The molecule has 3 amide bonds. The van der Waals surface area contributed by atoms with E-state index in [0.717, 1.165) is 24.2 Å². The highest BCUT2D eigenvalue weighted by molar-refractivity contribution is 6.07. The number of urea groups is 1. The maximum Gasteiger partial charge on any atom is 0.325 e. The number of amides is 3. The normalized spacial score (nSPS) is 22.7. The first-order valence-corrected chi connectivity index (χ1v) is 7.61. The molecule has 0 aromatic carbocycles. The zero-order valence-electron chi connectivity index (χ0n) is 12.6. The first-order chi connectivity index (χ1) is 10.1. The summed E-state index contributed by atoms with van der Waals surface area (Å²) in [4.78, 5) is 25.7. The van der Waals surface area contributed by atoms with Crippen molar-refractivity contribution < 1.29 is 19.4 Å². The van der Waals surface area contributed by atoms with Crippen molar-refractivity contribution in [1.82, 2.24) is 15.5 Å². The molecule has 1 saturated heterocycles. The van der Waals surface area contributed by atoms with Crippen LogP contribution in [0, 0.1) is 0 Å². The number of β-amino-alcohol motifs (C(OH)–C–C–N with tert-alkyl or cyclic N) is 1. The summed E-state index contributed by atoms with van der Waals surface area (Å²) in [5.74, 6) is -0.178. The van der Waals surface area contributed by atoms with E-state index in [-0.39, 0.29) is 18.5 Å². The van der Waals surface area contributed by atoms with Gasteiger partial charge in [0.1, 0.15) is 5.54 Å². The highest BCUT2D eigenvalue weighted by Gasteiger charge is 2.51. The van der Waals surface area contributed by atoms with Crippen LogP contribution in [0.2, 0.25) is 0 Å². The van der Waals surface area contributed by atoms with Gasteiger partial charge in [-0.15, -0.1) is 0 Å². The number of methoxy groups -OCH3 is 1. The van der Waals surface area contributed by atoms with Crippen LogP contribution in [-0.2, 0) is 9.53 Å². The van der Waals surface area contributed by atoms with Gasteiger partial charge in [-0.1, -0.05) is 19.3 Å². The molecule has 1 unspecified atom stereocenters. The minimum atomic E-state index is -0.768. The smallest absolute Gasteiger partial charge is 0.325 e. The van der Waals surface area contributed by atoms with Gasteiger partial charge in [-0.3, -0.25) is 9.69 Å². The Morgan fingerprint density at radius 1 is 1.38 bits per heavy atom. The number of hydrogen-bond donors (Lipinski definition) is 3. The standard InChI is InChI=1S/C14H25N3O4/c1-21-8-7-15-9-11(18)10-17-12(19)14(16-13(17)20)5-3-2-4-6-14/h11,15,18H,2-10H2,1H3,(H,16,20). The van der Waals surface area contributed by atoms with Crippen molar-refractivity contribution in [3.63, 3.8) is 0 Å². The van der Waals surface area contributed by atoms with Gasteiger partial charge in [-0.05, 0) is 12.8 Å². The zero-order valence-corrected chi connectivity index (χ0v) is 12.6. The molecule has 2 aliphatic rings. The van der Waals surface area contributed by atoms with Crippen LogP contribution in [0.4, 0.5) is 4.79 Å². The van der Waals surface area contributed by atoms with E-state index >= 15 is 0 Å². The third kappa shape index (κ3) is 3.72. The quantitative estimate of drug-likeness (QED) is 0.449. The second kappa shape index (κ2) is 7.20. The van der Waals surface area contributed by atoms with Gasteiger partial charge in [-0.2, -0.15) is 0 Å². The van der Waals surface area contributed by atoms with Crippen LogP contribution in [0.3, 0.4) is 0 Å². The van der Waals surface area contributed by atoms with Gasteiger partial charge in [0, 0.05) is 20.2 Å². The molecule has 0 radical (unpaired) electrons. The molecule has 2 rings (SSSR count). The van der Waals surface area contributed by atoms with Crippen molar-refractivity contribution in [3.8, 4) is 0 Å². The molecule has 1 heterocycles. The third-order valence-electron chi connectivity index (χ3n) is 4.21. The number of aliphatic hydroxyl groups is 1. The number of hydrogen-bond acceptors (Lipinski definition) is 5. The molecule has 7 heteroatoms. The minimum Gasteiger partial charge on any atom is -0.390 e. The van der Waals surface area contributed by atoms with Gasteiger partial charge in [0.25, 0.3) is 5.91 Å². The average molecular weight is 299 g/mol. The first kappa shape index (κ1) is 16.2. The van der Waals surface area contributed by atoms with Gasteiger partial charge in [0.2, 0.25) is 0 Å². The number of carbonyl (C=O) groups excluding carboxylic acids is 2. The molecule has 0 aromatic rings. The summed E-state index contributed by atoms with van der Waals surface area (Å²) in [6, 6.07) is -0.377. The average Bonchev–Trinajstić information content (AvgIpc) is 2.69. The minimum absolute atomic E-state index is 0.0341. The molecule has 120 valence electrons. The first-order valence-electron chi connectivity index (χ1n) is 7.61. The van der Waals surface area contributed by atoms with Crippen LogP contribution in [-0.4, -0.2) is 66.9 Å². The fourth-order valence-electron chi connectivity index (χ4n) is 3.05. The predicted molar refractivity (Wildman–Crippen MR) is 76.8 cm³/mol. The summed E-state index contributed by atoms with van der Waals surface area (Å²) in [5, 5.41) is 15.8. The molecule has 7 nitrogen and oxygen atoms in total. The van der Waals surface area contributed by atoms with Gasteiger partial charge in [-0.25, -0.2) is 4.79 Å². The molecule has 0 aromatic heterocycles. The molecule has 1 aliphatic heterocycles. The van der Waals surface area contributed by atoms with Crippen LogP contribution in [0.5, 0.6) is 0 Å². The maximum absolute atomic E-state index is 12.5. The number of carbonyl (C=O) groups is 2. The molecule has 2 fully saturated rings. The van der Waals surface area contributed by atoms with Crippen LogP contribution in [0.25, 0.3) is 0 Å². The highest BCUT2D eigenvalue weighted by Crippen LogP contribution is 2.33. The largest absolute Gasteiger partial charge is 0.390 e. The number of ether oxygens (including phenoxy) is 1. The maximum atomic E-state index is 12.5. The molecule has 21 heavy (non-hydrogen) atoms. The lowest BCUT2D eigenvalue weighted by Gasteiger charge is -2.30. The second-order valence-electron chi connectivity index (χ2n) is 5.84. The molecule has 1 saturated carbocycles. The van der Waals surface area contributed by atoms with E-state index < -0.39 is 11.6 Å². The van der Waals surface area contributed by atoms with E-state index in [4.69, 9.17) is 4.74 Å². The Morgan fingerprint density at radius 3 is 2.76 bits per heavy atom. The Bertz CT molecular complexity index is 382. The number of imide groups is 1. The number of nitrogens with zero attached hydrogens (tertiary/aromatic N) is 1. The predicted octanol–water partition coefficient (Wildman–Crippen LogP) is -0.162. The van der Waals surface area contributed by atoms with Gasteiger partial charge < -0.3 is 20.5 Å². The van der Waals surface area contributed by atoms with Crippen LogP contribution < -0.4 is 10.6 Å². The number of rotatable bonds is 7. The fraction of sp³-hybridized carbons (Fsp3) is 0.857. The van der Waals surface area contributed by atoms with Crippen LogP contribution in [0.15, 0.2) is 0 Å². The summed E-state index contributed by atoms with van der Waals surface area (Å²) in [6.45, 7) is 1.54. The summed E-state index contributed by atoms with van der Waals surface area (Å²) in [5.41, 5.74) is -0.710. The molecule has 1 aliphatic carbocycles. The Kier molecular flexibility index (Phi) is 5.55. The molecular formula is C14H25N3O4. The van der Waals surface area contributed by atoms with Crippen LogP contribution >= 0.6 is 0 Å². The van der Waals surface area contributed by atoms with Crippen molar-refractivity contribution >= 4 is 11.9 Å². The topological polar surface area (TPSA) is 90.9 Å². The molecule has 1 atom stereocenters. The van der Waals surface area contributed by atoms with Gasteiger partial charge >= 0.3 is 6.03 Å². The van der Waals surface area contributed by atoms with Crippen molar-refractivity contribution in [2.75, 3.05) is 33.4 Å². The zero-order chi connectivity index (χ0) is 15.3. The highest BCUT2D eigenvalue weighted by atomic mass is 16.5. The fourth-order valence-corrected chi connectivity index (χ4v) is 3.05. The van der Waals surface area contributed by atoms with Gasteiger partial charge in [0.05, 0.1) is 19.3 Å². The van der Waals surface area contributed by atoms with Crippen molar-refractivity contribution in [2.45, 2.75) is 43.7 Å². The third-order valence-corrected chi connectivity index (χ3v) is 4.21. The van der Waals surface area contributed by atoms with E-state index in [9.17, 15) is 14.7 Å². The number of nitrogens with one attached hydrogen (secondary N) is 2. The van der Waals surface area contributed by atoms with E-state index in [1.807, 2.05) is 0 Å². The Labute approximate surface area is 125 Å². The lowest BCUT2D eigenvalue weighted by Crippen LogP contribution is -2.49. The summed E-state index contributed by atoms with van der Waals surface area (Å²) in [7, 11) is 1.61. The Morgan fingerprint density at radius 2 is 2.10 bits per heavy atom. The molecule has 0 bridgehead atoms. The van der Waals surface area contributed by atoms with Crippen molar-refractivity contribution in [3.05, 3.63) is 0 Å². The van der Waals surface area contributed by atoms with Crippen LogP contribution in [0.1, 0.15) is 32.1 Å². The van der Waals surface area contributed by atoms with Gasteiger partial charge in [0.15, 0.2) is 0 Å². The van der Waals surface area contributed by atoms with E-state index in [0.29, 0.717) is 32.5 Å². The Balaban J connectivity index is 1.85. The summed E-state index contributed by atoms with van der Waals surface area (Å²) in [6.07, 6.45) is 3.67. The molecule has 1 spiro atoms. The Hall–Kier alpha value is -1.18. The van der Waals surface area contributed by atoms with E-state index in [1.165, 1.54) is 0 Å². The van der Waals surface area contributed by atoms with E-state index in [2.05, 4.69) is 10.6 Å².